The molecule has 2 aromatic carbocycles. The molecule has 3 N–H and O–H groups in total. The van der Waals surface area contributed by atoms with Crippen LogP contribution in [0.2, 0.25) is 0 Å². The number of aromatic hydroxyl groups is 1. The Morgan fingerprint density at radius 1 is 1.25 bits per heavy atom. The molecule has 32 heavy (non-hydrogen) atoms. The Kier molecular flexibility index (Phi) is 8.80. The number of carbonyl (C=O) groups excluding carboxylic acids is 2. The van der Waals surface area contributed by atoms with Crippen LogP contribution in [0.5, 0.6) is 17.2 Å². The third-order valence-corrected chi connectivity index (χ3v) is 4.93. The zero-order valence-corrected chi connectivity index (χ0v) is 20.2. The number of nitriles is 1. The summed E-state index contributed by atoms with van der Waals surface area (Å²) in [6, 6.07) is 9.61. The van der Waals surface area contributed by atoms with Crippen molar-refractivity contribution in [2.24, 2.45) is 5.10 Å². The number of hydrazone groups is 1. The first-order valence-electron chi connectivity index (χ1n) is 9.04. The zero-order valence-electron chi connectivity index (χ0n) is 17.0. The molecule has 9 nitrogen and oxygen atoms in total. The molecule has 2 rings (SSSR count). The number of nitrogens with zero attached hydrogens (tertiary/aromatic N) is 2. The maximum atomic E-state index is 11.9. The predicted octanol–water partition coefficient (Wildman–Crippen LogP) is 5.31. The highest BCUT2D eigenvalue weighted by Crippen LogP contribution is 2.40. The van der Waals surface area contributed by atoms with Crippen molar-refractivity contribution >= 4 is 60.8 Å². The molecule has 0 aromatic heterocycles. The first kappa shape index (κ1) is 24.9. The van der Waals surface area contributed by atoms with Crippen LogP contribution in [0.1, 0.15) is 19.4 Å². The topological polar surface area (TPSA) is 133 Å². The molecule has 11 heteroatoms. The van der Waals surface area contributed by atoms with Crippen molar-refractivity contribution in [1.82, 2.24) is 5.32 Å². The third-order valence-electron chi connectivity index (χ3n) is 3.75. The summed E-state index contributed by atoms with van der Waals surface area (Å²) in [6.45, 7) is 7.25. The number of rotatable bonds is 7. The van der Waals surface area contributed by atoms with E-state index in [0.29, 0.717) is 37.3 Å². The van der Waals surface area contributed by atoms with Gasteiger partial charge in [0, 0.05) is 5.56 Å². The van der Waals surface area contributed by atoms with Crippen LogP contribution >= 0.6 is 31.9 Å². The van der Waals surface area contributed by atoms with E-state index in [1.807, 2.05) is 5.32 Å². The molecule has 0 atom stereocenters. The first-order chi connectivity index (χ1) is 15.2. The van der Waals surface area contributed by atoms with E-state index in [1.54, 1.807) is 44.2 Å². The lowest BCUT2D eigenvalue weighted by atomic mass is 10.1. The van der Waals surface area contributed by atoms with E-state index in [1.165, 1.54) is 6.07 Å². The van der Waals surface area contributed by atoms with Crippen LogP contribution in [0.25, 0.3) is 5.57 Å². The number of allylic oxidation sites excluding steroid dienone is 1. The fraction of sp³-hybridized carbons (Fsp3) is 0.143. The molecule has 0 fully saturated rings. The van der Waals surface area contributed by atoms with Crippen LogP contribution in [-0.2, 0) is 9.53 Å². The molecule has 0 aliphatic rings. The van der Waals surface area contributed by atoms with Gasteiger partial charge in [-0.1, -0.05) is 6.58 Å². The molecular weight excluding hydrogens is 548 g/mol. The van der Waals surface area contributed by atoms with Gasteiger partial charge in [-0.2, -0.15) is 10.4 Å². The van der Waals surface area contributed by atoms with Crippen LogP contribution in [0, 0.1) is 11.3 Å². The van der Waals surface area contributed by atoms with Crippen LogP contribution in [-0.4, -0.2) is 29.4 Å². The quantitative estimate of drug-likeness (QED) is 0.306. The molecule has 0 spiro atoms. The van der Waals surface area contributed by atoms with E-state index in [2.05, 4.69) is 53.7 Å². The number of imide groups is 1. The standard InChI is InChI=1S/C21H18Br2N4O5/c1-4-31-21(30)25-20(29)17(10-24)27-26-12-7-15(22)19(16(23)8-12)32-13-5-6-18(28)14(9-13)11(2)3/h5-9,26,28H,2,4H2,1,3H3,(H,25,29,30)/b27-17+. The predicted molar refractivity (Wildman–Crippen MR) is 127 cm³/mol. The number of halogens is 2. The number of carbonyl (C=O) groups is 2. The maximum absolute atomic E-state index is 11.9. The van der Waals surface area contributed by atoms with Gasteiger partial charge in [-0.05, 0) is 81.6 Å². The molecule has 2 aromatic rings. The Morgan fingerprint density at radius 2 is 1.91 bits per heavy atom. The van der Waals surface area contributed by atoms with Gasteiger partial charge in [-0.3, -0.25) is 15.5 Å². The largest absolute Gasteiger partial charge is 0.507 e. The Balaban J connectivity index is 2.20. The fourth-order valence-electron chi connectivity index (χ4n) is 2.33. The van der Waals surface area contributed by atoms with Crippen molar-refractivity contribution in [2.45, 2.75) is 13.8 Å². The second-order valence-electron chi connectivity index (χ2n) is 6.19. The van der Waals surface area contributed by atoms with Crippen LogP contribution < -0.4 is 15.5 Å². The lowest BCUT2D eigenvalue weighted by Crippen LogP contribution is -2.36. The summed E-state index contributed by atoms with van der Waals surface area (Å²) in [6.07, 6.45) is -0.975. The minimum absolute atomic E-state index is 0.0749. The van der Waals surface area contributed by atoms with Gasteiger partial charge in [-0.15, -0.1) is 0 Å². The van der Waals surface area contributed by atoms with E-state index in [9.17, 15) is 14.7 Å². The van der Waals surface area contributed by atoms with Crippen molar-refractivity contribution in [3.63, 3.8) is 0 Å². The lowest BCUT2D eigenvalue weighted by molar-refractivity contribution is -0.114. The normalized spacial score (nSPS) is 10.7. The second-order valence-corrected chi connectivity index (χ2v) is 7.90. The van der Waals surface area contributed by atoms with Gasteiger partial charge in [-0.25, -0.2) is 4.79 Å². The van der Waals surface area contributed by atoms with Gasteiger partial charge < -0.3 is 14.6 Å². The molecule has 0 saturated heterocycles. The molecule has 2 amide bonds. The summed E-state index contributed by atoms with van der Waals surface area (Å²) in [5, 5.41) is 24.7. The van der Waals surface area contributed by atoms with Crippen molar-refractivity contribution < 1.29 is 24.2 Å². The van der Waals surface area contributed by atoms with Gasteiger partial charge in [0.05, 0.1) is 21.2 Å². The summed E-state index contributed by atoms with van der Waals surface area (Å²) >= 11 is 6.81. The average molecular weight is 566 g/mol. The van der Waals surface area contributed by atoms with Crippen molar-refractivity contribution in [3.8, 4) is 23.3 Å². The van der Waals surface area contributed by atoms with E-state index in [0.717, 1.165) is 0 Å². The molecule has 0 aliphatic heterocycles. The number of nitrogens with one attached hydrogen (secondary N) is 2. The number of alkyl carbamates (subject to hydrolysis) is 1. The molecule has 0 heterocycles. The number of hydrogen-bond acceptors (Lipinski definition) is 8. The van der Waals surface area contributed by atoms with Crippen molar-refractivity contribution in [3.05, 3.63) is 51.4 Å². The summed E-state index contributed by atoms with van der Waals surface area (Å²) in [5.74, 6) is 0.0136. The van der Waals surface area contributed by atoms with E-state index >= 15 is 0 Å². The van der Waals surface area contributed by atoms with Crippen LogP contribution in [0.3, 0.4) is 0 Å². The minimum Gasteiger partial charge on any atom is -0.507 e. The van der Waals surface area contributed by atoms with Gasteiger partial charge in [0.25, 0.3) is 5.91 Å². The van der Waals surface area contributed by atoms with Crippen LogP contribution in [0.4, 0.5) is 10.5 Å². The average Bonchev–Trinajstić information content (AvgIpc) is 2.72. The minimum atomic E-state index is -1.00. The Hall–Kier alpha value is -3.36. The molecule has 166 valence electrons. The molecule has 0 saturated carbocycles. The van der Waals surface area contributed by atoms with Crippen molar-refractivity contribution in [2.75, 3.05) is 12.0 Å². The smallest absolute Gasteiger partial charge is 0.414 e. The van der Waals surface area contributed by atoms with Gasteiger partial charge >= 0.3 is 6.09 Å². The highest BCUT2D eigenvalue weighted by Gasteiger charge is 2.16. The fourth-order valence-corrected chi connectivity index (χ4v) is 3.67. The molecule has 0 aliphatic carbocycles. The molecular formula is C21H18Br2N4O5. The van der Waals surface area contributed by atoms with Gasteiger partial charge in [0.1, 0.15) is 17.6 Å². The number of benzene rings is 2. The third kappa shape index (κ3) is 6.57. The number of ether oxygens (including phenoxy) is 2. The summed E-state index contributed by atoms with van der Waals surface area (Å²) < 4.78 is 11.6. The maximum Gasteiger partial charge on any atom is 0.414 e. The zero-order chi connectivity index (χ0) is 23.8. The first-order valence-corrected chi connectivity index (χ1v) is 10.6. The van der Waals surface area contributed by atoms with Gasteiger partial charge in [0.2, 0.25) is 5.71 Å². The lowest BCUT2D eigenvalue weighted by Gasteiger charge is -2.13. The Labute approximate surface area is 201 Å². The monoisotopic (exact) mass is 564 g/mol. The summed E-state index contributed by atoms with van der Waals surface area (Å²) in [5.41, 5.74) is 3.68. The van der Waals surface area contributed by atoms with E-state index in [4.69, 9.17) is 10.00 Å². The number of phenols is 1. The Bertz CT molecular complexity index is 1120. The number of amides is 2. The SMILES string of the molecule is C=C(C)c1cc(Oc2c(Br)cc(N/N=C(\C#N)C(=O)NC(=O)OCC)cc2Br)ccc1O. The highest BCUT2D eigenvalue weighted by atomic mass is 79.9. The number of anilines is 1. The highest BCUT2D eigenvalue weighted by molar-refractivity contribution is 9.11. The Morgan fingerprint density at radius 3 is 2.47 bits per heavy atom. The number of hydrogen-bond donors (Lipinski definition) is 3. The molecule has 0 unspecified atom stereocenters. The summed E-state index contributed by atoms with van der Waals surface area (Å²) in [7, 11) is 0. The second kappa shape index (κ2) is 11.3. The number of phenolic OH excluding ortho intramolecular Hbond substituents is 1. The van der Waals surface area contributed by atoms with Crippen LogP contribution in [0.15, 0.2) is 51.0 Å². The van der Waals surface area contributed by atoms with Crippen molar-refractivity contribution in [1.29, 1.82) is 5.26 Å². The molecule has 0 radical (unpaired) electrons. The van der Waals surface area contributed by atoms with E-state index in [-0.39, 0.29) is 12.4 Å². The van der Waals surface area contributed by atoms with E-state index < -0.39 is 17.7 Å². The molecule has 0 bridgehead atoms. The summed E-state index contributed by atoms with van der Waals surface area (Å²) in [4.78, 5) is 23.2. The van der Waals surface area contributed by atoms with Gasteiger partial charge in [0.15, 0.2) is 5.75 Å².